The van der Waals surface area contributed by atoms with Crippen molar-refractivity contribution in [3.05, 3.63) is 0 Å². The van der Waals surface area contributed by atoms with Gasteiger partial charge in [0.25, 0.3) is 0 Å². The molecular formula is C28H66N6O6Si2+2. The lowest BCUT2D eigenvalue weighted by molar-refractivity contribution is -0.476. The van der Waals surface area contributed by atoms with Crippen molar-refractivity contribution in [1.29, 1.82) is 0 Å². The molecule has 0 fully saturated rings. The Morgan fingerprint density at radius 2 is 0.714 bits per heavy atom. The number of rotatable bonds is 21. The predicted molar refractivity (Wildman–Crippen MR) is 176 cm³/mol. The molecule has 0 unspecified atom stereocenters. The molecular weight excluding hydrogens is 573 g/mol. The summed E-state index contributed by atoms with van der Waals surface area (Å²) < 4.78 is 38.2. The molecule has 250 valence electrons. The van der Waals surface area contributed by atoms with Crippen LogP contribution in [-0.4, -0.2) is 183 Å². The van der Waals surface area contributed by atoms with Gasteiger partial charge < -0.3 is 26.6 Å². The van der Waals surface area contributed by atoms with Crippen molar-refractivity contribution in [3.63, 3.8) is 0 Å². The molecule has 0 aliphatic carbocycles. The van der Waals surface area contributed by atoms with E-state index in [4.69, 9.17) is 26.6 Å². The van der Waals surface area contributed by atoms with Crippen LogP contribution in [0.25, 0.3) is 0 Å². The Labute approximate surface area is 260 Å². The molecule has 0 aliphatic rings. The van der Waals surface area contributed by atoms with Gasteiger partial charge >= 0.3 is 29.5 Å². The lowest BCUT2D eigenvalue weighted by atomic mass is 10.1. The highest BCUT2D eigenvalue weighted by molar-refractivity contribution is 6.60. The summed E-state index contributed by atoms with van der Waals surface area (Å²) in [5.74, 6) is 2.42. The molecule has 0 saturated carbocycles. The summed E-state index contributed by atoms with van der Waals surface area (Å²) in [6.07, 6.45) is 6.50. The maximum atomic E-state index is 5.64. The van der Waals surface area contributed by atoms with E-state index in [0.717, 1.165) is 64.0 Å². The molecule has 0 aromatic heterocycles. The molecule has 14 heteroatoms. The monoisotopic (exact) mass is 638 g/mol. The summed E-state index contributed by atoms with van der Waals surface area (Å²) in [5.41, 5.74) is 0. The first kappa shape index (κ1) is 40.7. The molecule has 0 heterocycles. The number of guanidine groups is 2. The summed E-state index contributed by atoms with van der Waals surface area (Å²) in [7, 11) is 21.8. The third-order valence-corrected chi connectivity index (χ3v) is 13.1. The van der Waals surface area contributed by atoms with Crippen molar-refractivity contribution in [2.75, 3.05) is 125 Å². The van der Waals surface area contributed by atoms with E-state index < -0.39 is 17.6 Å². The van der Waals surface area contributed by atoms with Gasteiger partial charge in [0.1, 0.15) is 0 Å². The molecule has 0 aromatic rings. The Balaban J connectivity index is 5.21. The summed E-state index contributed by atoms with van der Waals surface area (Å²) >= 11 is 0. The molecule has 0 aliphatic heterocycles. The van der Waals surface area contributed by atoms with Crippen molar-refractivity contribution >= 4 is 29.5 Å². The van der Waals surface area contributed by atoms with Gasteiger partial charge in [-0.2, -0.15) is 0 Å². The van der Waals surface area contributed by atoms with Crippen LogP contribution in [0.4, 0.5) is 0 Å². The summed E-state index contributed by atoms with van der Waals surface area (Å²) in [6.45, 7) is 3.84. The third-order valence-electron chi connectivity index (χ3n) is 7.46. The van der Waals surface area contributed by atoms with Crippen molar-refractivity contribution in [2.24, 2.45) is 0 Å². The van der Waals surface area contributed by atoms with E-state index in [9.17, 15) is 0 Å². The van der Waals surface area contributed by atoms with Crippen molar-refractivity contribution in [3.8, 4) is 0 Å². The van der Waals surface area contributed by atoms with Gasteiger partial charge in [0.05, 0.1) is 82.6 Å². The first-order valence-corrected chi connectivity index (χ1v) is 18.9. The van der Waals surface area contributed by atoms with Gasteiger partial charge in [-0.15, -0.1) is 0 Å². The van der Waals surface area contributed by atoms with E-state index in [1.807, 2.05) is 0 Å². The van der Waals surface area contributed by atoms with E-state index in [2.05, 4.69) is 85.1 Å². The van der Waals surface area contributed by atoms with Crippen LogP contribution in [-0.2, 0) is 26.6 Å². The Bertz CT molecular complexity index is 706. The predicted octanol–water partition coefficient (Wildman–Crippen LogP) is 2.07. The van der Waals surface area contributed by atoms with Crippen LogP contribution >= 0.6 is 0 Å². The first-order valence-electron chi connectivity index (χ1n) is 15.1. The molecule has 42 heavy (non-hydrogen) atoms. The minimum Gasteiger partial charge on any atom is -0.377 e. The maximum Gasteiger partial charge on any atom is 0.500 e. The SMILES string of the molecule is CO[Si](CCCN(CCCCCCN(CCC[Si](OC)(OC)OC)C(N(C)C)=[N+](C)C)C(N(C)C)=[N+](C)C)(OC)OC. The Morgan fingerprint density at radius 1 is 0.452 bits per heavy atom. The molecule has 0 saturated heterocycles. The van der Waals surface area contributed by atoms with Crippen molar-refractivity contribution in [2.45, 2.75) is 50.6 Å². The van der Waals surface area contributed by atoms with Crippen LogP contribution in [0, 0.1) is 0 Å². The summed E-state index contributed by atoms with van der Waals surface area (Å²) in [6, 6.07) is 1.58. The maximum absolute atomic E-state index is 5.64. The lowest BCUT2D eigenvalue weighted by Gasteiger charge is -2.28. The fraction of sp³-hybridized carbons (Fsp3) is 0.929. The quantitative estimate of drug-likeness (QED) is 0.0614. The van der Waals surface area contributed by atoms with Gasteiger partial charge in [-0.05, 0) is 25.7 Å². The normalized spacial score (nSPS) is 11.9. The Kier molecular flexibility index (Phi) is 20.8. The molecule has 0 N–H and O–H groups in total. The second-order valence-corrected chi connectivity index (χ2v) is 17.5. The second-order valence-electron chi connectivity index (χ2n) is 11.4. The summed E-state index contributed by atoms with van der Waals surface area (Å²) in [4.78, 5) is 9.35. The largest absolute Gasteiger partial charge is 0.500 e. The number of nitrogens with zero attached hydrogens (tertiary/aromatic N) is 6. The average Bonchev–Trinajstić information content (AvgIpc) is 2.94. The average molecular weight is 639 g/mol. The van der Waals surface area contributed by atoms with Gasteiger partial charge in [0, 0.05) is 54.7 Å². The Morgan fingerprint density at radius 3 is 0.929 bits per heavy atom. The standard InChI is InChI=1S/C28H66N6O6Si2/c1-29(2)27(30(3)4)33(23-19-25-41(35-9,36-10)37-11)21-17-15-16-18-22-34(28(31(5)6)32(7)8)24-20-26-42(38-12,39-13)40-14/h15-26H2,1-14H3/q+2. The highest BCUT2D eigenvalue weighted by Gasteiger charge is 2.38. The summed E-state index contributed by atoms with van der Waals surface area (Å²) in [5, 5.41) is 0. The van der Waals surface area contributed by atoms with Crippen LogP contribution in [0.1, 0.15) is 38.5 Å². The Hall–Kier alpha value is -1.27. The van der Waals surface area contributed by atoms with Gasteiger partial charge in [-0.3, -0.25) is 28.8 Å². The van der Waals surface area contributed by atoms with Gasteiger partial charge in [0.2, 0.25) is 0 Å². The van der Waals surface area contributed by atoms with E-state index >= 15 is 0 Å². The van der Waals surface area contributed by atoms with E-state index in [-0.39, 0.29) is 0 Å². The van der Waals surface area contributed by atoms with E-state index in [0.29, 0.717) is 0 Å². The fourth-order valence-electron chi connectivity index (χ4n) is 5.60. The van der Waals surface area contributed by atoms with Crippen LogP contribution in [0.2, 0.25) is 12.1 Å². The number of hydrogen-bond acceptors (Lipinski definition) is 6. The zero-order chi connectivity index (χ0) is 32.3. The van der Waals surface area contributed by atoms with Gasteiger partial charge in [0.15, 0.2) is 0 Å². The van der Waals surface area contributed by atoms with E-state index in [1.165, 1.54) is 24.8 Å². The minimum atomic E-state index is -2.58. The second kappa shape index (κ2) is 21.4. The zero-order valence-electron chi connectivity index (χ0n) is 29.6. The number of unbranched alkanes of at least 4 members (excludes halogenated alkanes) is 3. The highest BCUT2D eigenvalue weighted by Crippen LogP contribution is 2.18. The molecule has 0 rings (SSSR count). The lowest BCUT2D eigenvalue weighted by Crippen LogP contribution is -2.48. The van der Waals surface area contributed by atoms with E-state index in [1.54, 1.807) is 42.7 Å². The topological polar surface area (TPSA) is 74.4 Å². The molecule has 0 spiro atoms. The molecule has 0 radical (unpaired) electrons. The minimum absolute atomic E-state index is 0.788. The van der Waals surface area contributed by atoms with Gasteiger partial charge in [-0.25, -0.2) is 0 Å². The zero-order valence-corrected chi connectivity index (χ0v) is 31.6. The molecule has 0 amide bonds. The van der Waals surface area contributed by atoms with Gasteiger partial charge in [-0.1, -0.05) is 12.8 Å². The van der Waals surface area contributed by atoms with Crippen molar-refractivity contribution in [1.82, 2.24) is 19.6 Å². The number of hydrogen-bond donors (Lipinski definition) is 0. The third kappa shape index (κ3) is 13.6. The van der Waals surface area contributed by atoms with Crippen LogP contribution in [0.15, 0.2) is 0 Å². The first-order chi connectivity index (χ1) is 19.8. The highest BCUT2D eigenvalue weighted by atomic mass is 28.4. The van der Waals surface area contributed by atoms with Crippen molar-refractivity contribution < 1.29 is 35.7 Å². The molecule has 0 bridgehead atoms. The van der Waals surface area contributed by atoms with Crippen LogP contribution in [0.3, 0.4) is 0 Å². The molecule has 0 atom stereocenters. The van der Waals surface area contributed by atoms with Crippen LogP contribution in [0.5, 0.6) is 0 Å². The molecule has 12 nitrogen and oxygen atoms in total. The fourth-order valence-corrected chi connectivity index (χ4v) is 9.01. The molecule has 0 aromatic carbocycles. The smallest absolute Gasteiger partial charge is 0.377 e. The van der Waals surface area contributed by atoms with Crippen LogP contribution < -0.4 is 0 Å².